The molecule has 0 aliphatic carbocycles. The minimum Gasteiger partial charge on any atom is -0.746 e. The van der Waals surface area contributed by atoms with Gasteiger partial charge in [-0.05, 0) is 25.7 Å². The van der Waals surface area contributed by atoms with Crippen LogP contribution in [0.5, 0.6) is 0 Å². The van der Waals surface area contributed by atoms with Crippen LogP contribution in [0.3, 0.4) is 0 Å². The van der Waals surface area contributed by atoms with E-state index in [0.29, 0.717) is 12.8 Å². The van der Waals surface area contributed by atoms with Gasteiger partial charge < -0.3 is 9.66 Å². The van der Waals surface area contributed by atoms with Gasteiger partial charge in [-0.3, -0.25) is 0 Å². The van der Waals surface area contributed by atoms with Crippen LogP contribution in [0.2, 0.25) is 0 Å². The summed E-state index contributed by atoms with van der Waals surface area (Å²) in [5, 5.41) is 10.1. The molecule has 1 atom stereocenters. The molecule has 0 amide bonds. The molecule has 4 nitrogen and oxygen atoms in total. The van der Waals surface area contributed by atoms with E-state index in [2.05, 4.69) is 6.92 Å². The van der Waals surface area contributed by atoms with E-state index in [1.165, 1.54) is 51.4 Å². The largest absolute Gasteiger partial charge is 1.00 e. The molecule has 0 saturated heterocycles. The van der Waals surface area contributed by atoms with Gasteiger partial charge in [-0.25, -0.2) is 8.42 Å². The first-order chi connectivity index (χ1) is 11.4. The topological polar surface area (TPSA) is 77.4 Å². The Labute approximate surface area is 178 Å². The summed E-state index contributed by atoms with van der Waals surface area (Å²) in [7, 11) is -4.65. The molecule has 0 aliphatic heterocycles. The molecule has 0 aromatic rings. The summed E-state index contributed by atoms with van der Waals surface area (Å²) in [5.41, 5.74) is 0. The van der Waals surface area contributed by atoms with Gasteiger partial charge in [0, 0.05) is 0 Å². The van der Waals surface area contributed by atoms with Gasteiger partial charge in [-0.15, -0.1) is 0 Å². The normalized spacial score (nSPS) is 14.1. The summed E-state index contributed by atoms with van der Waals surface area (Å²) in [6.45, 7) is 4.15. The third-order valence-corrected chi connectivity index (χ3v) is 6.15. The molecule has 0 bridgehead atoms. The molecule has 25 heavy (non-hydrogen) atoms. The van der Waals surface area contributed by atoms with Gasteiger partial charge in [-0.1, -0.05) is 90.9 Å². The zero-order valence-corrected chi connectivity index (χ0v) is 19.7. The third kappa shape index (κ3) is 14.6. The number of hydrogen-bond donors (Lipinski definition) is 1. The van der Waals surface area contributed by atoms with E-state index in [0.717, 1.165) is 25.7 Å². The Morgan fingerprint density at radius 1 is 0.680 bits per heavy atom. The number of hydrogen-bond acceptors (Lipinski definition) is 4. The summed E-state index contributed by atoms with van der Waals surface area (Å²) in [6.07, 6.45) is 15.7. The Bertz CT molecular complexity index is 387. The van der Waals surface area contributed by atoms with Crippen molar-refractivity contribution in [1.82, 2.24) is 0 Å². The predicted octanol–water partition coefficient (Wildman–Crippen LogP) is 2.51. The van der Waals surface area contributed by atoms with E-state index in [9.17, 15) is 18.1 Å². The molecule has 0 fully saturated rings. The molecule has 1 N–H and O–H groups in total. The van der Waals surface area contributed by atoms with Crippen molar-refractivity contribution >= 4 is 10.1 Å². The van der Waals surface area contributed by atoms with Crippen molar-refractivity contribution in [2.24, 2.45) is 0 Å². The molecule has 0 aromatic carbocycles. The number of aliphatic hydroxyl groups is 1. The molecule has 0 heterocycles. The van der Waals surface area contributed by atoms with Gasteiger partial charge in [0.25, 0.3) is 0 Å². The average Bonchev–Trinajstić information content (AvgIpc) is 2.53. The average molecular weight is 387 g/mol. The quantitative estimate of drug-likeness (QED) is 0.237. The molecule has 0 radical (unpaired) electrons. The SMILES string of the molecule is CCCCCCCCCCCCCCC(O)(CCCC)S(=O)(=O)[O-].[Na+]. The summed E-state index contributed by atoms with van der Waals surface area (Å²) in [6, 6.07) is 0. The second-order valence-corrected chi connectivity index (χ2v) is 8.81. The molecule has 0 aliphatic rings. The van der Waals surface area contributed by atoms with E-state index < -0.39 is 15.1 Å². The number of rotatable bonds is 17. The Morgan fingerprint density at radius 2 is 1.00 bits per heavy atom. The Balaban J connectivity index is 0. The van der Waals surface area contributed by atoms with Crippen molar-refractivity contribution in [1.29, 1.82) is 0 Å². The molecule has 6 heteroatoms. The minimum absolute atomic E-state index is 0. The summed E-state index contributed by atoms with van der Waals surface area (Å²) in [4.78, 5) is -2.05. The van der Waals surface area contributed by atoms with Crippen molar-refractivity contribution in [3.63, 3.8) is 0 Å². The summed E-state index contributed by atoms with van der Waals surface area (Å²) in [5.74, 6) is 0. The molecule has 0 aromatic heterocycles. The van der Waals surface area contributed by atoms with Crippen LogP contribution in [0, 0.1) is 0 Å². The Kier molecular flexibility index (Phi) is 19.1. The first-order valence-electron chi connectivity index (χ1n) is 10.0. The van der Waals surface area contributed by atoms with E-state index in [4.69, 9.17) is 0 Å². The van der Waals surface area contributed by atoms with E-state index in [1.54, 1.807) is 0 Å². The maximum Gasteiger partial charge on any atom is 1.00 e. The van der Waals surface area contributed by atoms with Crippen LogP contribution in [-0.4, -0.2) is 23.0 Å². The second kappa shape index (κ2) is 17.0. The van der Waals surface area contributed by atoms with Gasteiger partial charge in [0.05, 0.1) is 0 Å². The first-order valence-corrected chi connectivity index (χ1v) is 11.5. The van der Waals surface area contributed by atoms with Crippen LogP contribution in [0.4, 0.5) is 0 Å². The van der Waals surface area contributed by atoms with Crippen molar-refractivity contribution in [2.75, 3.05) is 0 Å². The van der Waals surface area contributed by atoms with Crippen molar-refractivity contribution in [3.8, 4) is 0 Å². The molecule has 0 saturated carbocycles. The zero-order valence-electron chi connectivity index (χ0n) is 16.9. The summed E-state index contributed by atoms with van der Waals surface area (Å²) < 4.78 is 33.9. The van der Waals surface area contributed by atoms with Crippen molar-refractivity contribution in [2.45, 2.75) is 122 Å². The molecular weight excluding hydrogens is 347 g/mol. The predicted molar refractivity (Wildman–Crippen MR) is 99.9 cm³/mol. The second-order valence-electron chi connectivity index (χ2n) is 7.14. The fourth-order valence-corrected chi connectivity index (χ4v) is 3.86. The van der Waals surface area contributed by atoms with Crippen LogP contribution in [0.1, 0.15) is 117 Å². The standard InChI is InChI=1S/C19H40O4S.Na/c1-3-5-7-8-9-10-11-12-13-14-15-16-18-19(20,17-6-4-2)24(21,22)23;/h20H,3-18H2,1-2H3,(H,21,22,23);/q;+1/p-1. The Morgan fingerprint density at radius 3 is 1.36 bits per heavy atom. The first kappa shape index (κ1) is 28.1. The van der Waals surface area contributed by atoms with Crippen LogP contribution in [0.15, 0.2) is 0 Å². The van der Waals surface area contributed by atoms with Gasteiger partial charge in [-0.2, -0.15) is 0 Å². The van der Waals surface area contributed by atoms with Crippen LogP contribution in [-0.2, 0) is 10.1 Å². The van der Waals surface area contributed by atoms with E-state index >= 15 is 0 Å². The van der Waals surface area contributed by atoms with E-state index in [1.807, 2.05) is 6.92 Å². The maximum absolute atomic E-state index is 11.3. The monoisotopic (exact) mass is 386 g/mol. The zero-order chi connectivity index (χ0) is 18.3. The van der Waals surface area contributed by atoms with E-state index in [-0.39, 0.29) is 42.4 Å². The third-order valence-electron chi connectivity index (χ3n) is 4.81. The molecule has 146 valence electrons. The smallest absolute Gasteiger partial charge is 0.746 e. The molecular formula is C19H39NaO4S. The van der Waals surface area contributed by atoms with Gasteiger partial charge in [0.15, 0.2) is 4.93 Å². The maximum atomic E-state index is 11.3. The number of unbranched alkanes of at least 4 members (excludes halogenated alkanes) is 12. The fourth-order valence-electron chi connectivity index (χ4n) is 3.07. The molecule has 1 unspecified atom stereocenters. The Hall–Kier alpha value is 0.870. The summed E-state index contributed by atoms with van der Waals surface area (Å²) >= 11 is 0. The molecule has 0 rings (SSSR count). The van der Waals surface area contributed by atoms with Crippen LogP contribution >= 0.6 is 0 Å². The minimum atomic E-state index is -4.65. The van der Waals surface area contributed by atoms with Crippen molar-refractivity contribution < 1.29 is 47.6 Å². The van der Waals surface area contributed by atoms with Gasteiger partial charge in [0.2, 0.25) is 0 Å². The van der Waals surface area contributed by atoms with Crippen LogP contribution < -0.4 is 29.6 Å². The molecule has 0 spiro atoms. The fraction of sp³-hybridized carbons (Fsp3) is 1.00. The van der Waals surface area contributed by atoms with Gasteiger partial charge >= 0.3 is 29.6 Å². The van der Waals surface area contributed by atoms with Crippen LogP contribution in [0.25, 0.3) is 0 Å². The van der Waals surface area contributed by atoms with Crippen molar-refractivity contribution in [3.05, 3.63) is 0 Å². The van der Waals surface area contributed by atoms with Gasteiger partial charge in [0.1, 0.15) is 10.1 Å².